The Hall–Kier alpha value is -1.92. The predicted octanol–water partition coefficient (Wildman–Crippen LogP) is 4.13. The Morgan fingerprint density at radius 3 is 2.77 bits per heavy atom. The third-order valence-electron chi connectivity index (χ3n) is 4.65. The van der Waals surface area contributed by atoms with Crippen molar-refractivity contribution < 1.29 is 9.63 Å². The van der Waals surface area contributed by atoms with Gasteiger partial charge in [-0.1, -0.05) is 58.7 Å². The standard InChI is InChI=1S/C19H17Cl2N3O2/c1-24(10-17-22-19(23-26-17)11-5-3-2-4-6-11)18-14-7-12(20)8-15(21)13(14)9-16(18)25/h2-8,16,18,25H,9-10H2,1H3/t16-,18-/m1/s1. The van der Waals surface area contributed by atoms with Crippen molar-refractivity contribution in [3.63, 3.8) is 0 Å². The van der Waals surface area contributed by atoms with E-state index < -0.39 is 6.10 Å². The molecule has 1 heterocycles. The van der Waals surface area contributed by atoms with Crippen molar-refractivity contribution in [3.05, 3.63) is 69.5 Å². The fourth-order valence-corrected chi connectivity index (χ4v) is 4.08. The van der Waals surface area contributed by atoms with Crippen molar-refractivity contribution in [1.82, 2.24) is 15.0 Å². The smallest absolute Gasteiger partial charge is 0.241 e. The molecule has 2 aromatic carbocycles. The summed E-state index contributed by atoms with van der Waals surface area (Å²) in [4.78, 5) is 6.43. The number of fused-ring (bicyclic) bond motifs is 1. The first-order valence-electron chi connectivity index (χ1n) is 8.27. The fraction of sp³-hybridized carbons (Fsp3) is 0.263. The van der Waals surface area contributed by atoms with Crippen molar-refractivity contribution in [2.45, 2.75) is 25.1 Å². The first kappa shape index (κ1) is 17.5. The van der Waals surface area contributed by atoms with Gasteiger partial charge in [0.2, 0.25) is 11.7 Å². The lowest BCUT2D eigenvalue weighted by atomic mass is 10.1. The van der Waals surface area contributed by atoms with Crippen molar-refractivity contribution in [3.8, 4) is 11.4 Å². The molecule has 2 atom stereocenters. The van der Waals surface area contributed by atoms with Crippen LogP contribution in [0.2, 0.25) is 10.0 Å². The van der Waals surface area contributed by atoms with Gasteiger partial charge in [0.25, 0.3) is 0 Å². The molecule has 0 radical (unpaired) electrons. The number of hydrogen-bond donors (Lipinski definition) is 1. The van der Waals surface area contributed by atoms with Gasteiger partial charge in [0.05, 0.1) is 18.7 Å². The maximum absolute atomic E-state index is 10.5. The maximum Gasteiger partial charge on any atom is 0.241 e. The molecule has 7 heteroatoms. The zero-order chi connectivity index (χ0) is 18.3. The average molecular weight is 390 g/mol. The zero-order valence-electron chi connectivity index (χ0n) is 14.1. The number of benzene rings is 2. The normalized spacial score (nSPS) is 19.1. The molecule has 0 saturated carbocycles. The second-order valence-electron chi connectivity index (χ2n) is 6.46. The van der Waals surface area contributed by atoms with Crippen LogP contribution in [0.1, 0.15) is 23.1 Å². The van der Waals surface area contributed by atoms with Gasteiger partial charge in [-0.15, -0.1) is 0 Å². The molecule has 0 saturated heterocycles. The first-order valence-corrected chi connectivity index (χ1v) is 9.02. The van der Waals surface area contributed by atoms with Gasteiger partial charge in [0.1, 0.15) is 0 Å². The highest BCUT2D eigenvalue weighted by Crippen LogP contribution is 2.41. The summed E-state index contributed by atoms with van der Waals surface area (Å²) in [7, 11) is 1.91. The minimum atomic E-state index is -0.567. The van der Waals surface area contributed by atoms with E-state index in [2.05, 4.69) is 10.1 Å². The van der Waals surface area contributed by atoms with E-state index in [1.165, 1.54) is 0 Å². The van der Waals surface area contributed by atoms with Gasteiger partial charge in [-0.25, -0.2) is 0 Å². The van der Waals surface area contributed by atoms with Gasteiger partial charge < -0.3 is 9.63 Å². The molecule has 0 bridgehead atoms. The lowest BCUT2D eigenvalue weighted by Crippen LogP contribution is -2.30. The number of aromatic nitrogens is 2. The number of halogens is 2. The lowest BCUT2D eigenvalue weighted by molar-refractivity contribution is 0.0667. The summed E-state index contributed by atoms with van der Waals surface area (Å²) < 4.78 is 5.38. The van der Waals surface area contributed by atoms with E-state index in [1.54, 1.807) is 6.07 Å². The van der Waals surface area contributed by atoms with Crippen LogP contribution < -0.4 is 0 Å². The Morgan fingerprint density at radius 2 is 2.00 bits per heavy atom. The molecule has 1 aliphatic carbocycles. The molecule has 0 spiro atoms. The molecule has 1 aromatic heterocycles. The monoisotopic (exact) mass is 389 g/mol. The highest BCUT2D eigenvalue weighted by molar-refractivity contribution is 6.35. The Kier molecular flexibility index (Phi) is 4.71. The van der Waals surface area contributed by atoms with Crippen LogP contribution in [0, 0.1) is 0 Å². The Balaban J connectivity index is 1.56. The molecular formula is C19H17Cl2N3O2. The number of likely N-dealkylation sites (N-methyl/N-ethyl adjacent to an activating group) is 1. The van der Waals surface area contributed by atoms with E-state index >= 15 is 0 Å². The van der Waals surface area contributed by atoms with Gasteiger partial charge in [-0.05, 0) is 30.3 Å². The van der Waals surface area contributed by atoms with Crippen molar-refractivity contribution in [2.24, 2.45) is 0 Å². The van der Waals surface area contributed by atoms with Crippen LogP contribution in [0.15, 0.2) is 47.0 Å². The van der Waals surface area contributed by atoms with E-state index in [9.17, 15) is 5.11 Å². The van der Waals surface area contributed by atoms with Crippen molar-refractivity contribution >= 4 is 23.2 Å². The second-order valence-corrected chi connectivity index (χ2v) is 7.31. The molecule has 26 heavy (non-hydrogen) atoms. The Labute approximate surface area is 161 Å². The van der Waals surface area contributed by atoms with E-state index in [0.29, 0.717) is 34.7 Å². The summed E-state index contributed by atoms with van der Waals surface area (Å²) in [6.45, 7) is 0.408. The predicted molar refractivity (Wildman–Crippen MR) is 100 cm³/mol. The number of rotatable bonds is 4. The summed E-state index contributed by atoms with van der Waals surface area (Å²) >= 11 is 12.4. The van der Waals surface area contributed by atoms with Crippen LogP contribution >= 0.6 is 23.2 Å². The molecule has 5 nitrogen and oxygen atoms in total. The summed E-state index contributed by atoms with van der Waals surface area (Å²) in [5.41, 5.74) is 2.78. The topological polar surface area (TPSA) is 62.4 Å². The minimum absolute atomic E-state index is 0.228. The van der Waals surface area contributed by atoms with E-state index in [1.807, 2.05) is 48.3 Å². The van der Waals surface area contributed by atoms with Gasteiger partial charge in [0.15, 0.2) is 0 Å². The summed E-state index contributed by atoms with van der Waals surface area (Å²) in [6, 6.07) is 13.0. The molecular weight excluding hydrogens is 373 g/mol. The second kappa shape index (κ2) is 7.00. The third-order valence-corrected chi connectivity index (χ3v) is 5.21. The lowest BCUT2D eigenvalue weighted by Gasteiger charge is -2.26. The van der Waals surface area contributed by atoms with Crippen LogP contribution in [-0.2, 0) is 13.0 Å². The van der Waals surface area contributed by atoms with Gasteiger partial charge in [-0.2, -0.15) is 4.98 Å². The summed E-state index contributed by atoms with van der Waals surface area (Å²) in [5.74, 6) is 1.03. The maximum atomic E-state index is 10.5. The van der Waals surface area contributed by atoms with Crippen LogP contribution in [0.25, 0.3) is 11.4 Å². The average Bonchev–Trinajstić information content (AvgIpc) is 3.20. The Morgan fingerprint density at radius 1 is 1.23 bits per heavy atom. The molecule has 0 aliphatic heterocycles. The molecule has 0 unspecified atom stereocenters. The van der Waals surface area contributed by atoms with Crippen LogP contribution in [-0.4, -0.2) is 33.3 Å². The van der Waals surface area contributed by atoms with Crippen LogP contribution in [0.5, 0.6) is 0 Å². The SMILES string of the molecule is CN(Cc1nc(-c2ccccc2)no1)[C@@H]1c2cc(Cl)cc(Cl)c2C[C@H]1O. The van der Waals surface area contributed by atoms with Gasteiger partial charge >= 0.3 is 0 Å². The molecule has 1 aliphatic rings. The first-order chi connectivity index (χ1) is 12.5. The van der Waals surface area contributed by atoms with Crippen molar-refractivity contribution in [2.75, 3.05) is 7.05 Å². The minimum Gasteiger partial charge on any atom is -0.391 e. The molecule has 134 valence electrons. The number of hydrogen-bond acceptors (Lipinski definition) is 5. The highest BCUT2D eigenvalue weighted by atomic mass is 35.5. The van der Waals surface area contributed by atoms with Crippen molar-refractivity contribution in [1.29, 1.82) is 0 Å². The Bertz CT molecular complexity index is 930. The number of aliphatic hydroxyl groups excluding tert-OH is 1. The molecule has 0 amide bonds. The zero-order valence-corrected chi connectivity index (χ0v) is 15.6. The summed E-state index contributed by atoms with van der Waals surface area (Å²) in [5, 5.41) is 15.7. The van der Waals surface area contributed by atoms with E-state index in [0.717, 1.165) is 16.7 Å². The van der Waals surface area contributed by atoms with Crippen LogP contribution in [0.3, 0.4) is 0 Å². The van der Waals surface area contributed by atoms with Gasteiger partial charge in [-0.3, -0.25) is 4.90 Å². The number of aliphatic hydroxyl groups is 1. The molecule has 3 aromatic rings. The van der Waals surface area contributed by atoms with E-state index in [-0.39, 0.29) is 6.04 Å². The molecule has 1 N–H and O–H groups in total. The quantitative estimate of drug-likeness (QED) is 0.726. The largest absolute Gasteiger partial charge is 0.391 e. The molecule has 4 rings (SSSR count). The third kappa shape index (κ3) is 3.23. The van der Waals surface area contributed by atoms with Crippen LogP contribution in [0.4, 0.5) is 0 Å². The van der Waals surface area contributed by atoms with E-state index in [4.69, 9.17) is 27.7 Å². The molecule has 0 fully saturated rings. The fourth-order valence-electron chi connectivity index (χ4n) is 3.50. The highest BCUT2D eigenvalue weighted by Gasteiger charge is 2.36. The number of nitrogens with zero attached hydrogens (tertiary/aromatic N) is 3. The van der Waals surface area contributed by atoms with Gasteiger partial charge in [0, 0.05) is 22.0 Å². The summed E-state index contributed by atoms with van der Waals surface area (Å²) in [6.07, 6.45) is -0.0677.